The Balaban J connectivity index is 2.14. The van der Waals surface area contributed by atoms with Crippen molar-refractivity contribution in [1.82, 2.24) is 0 Å². The average molecular weight is 410 g/mol. The van der Waals surface area contributed by atoms with Crippen LogP contribution in [0.2, 0.25) is 5.02 Å². The van der Waals surface area contributed by atoms with E-state index in [1.54, 1.807) is 37.3 Å². The predicted octanol–water partition coefficient (Wildman–Crippen LogP) is 4.59. The molecule has 0 bridgehead atoms. The molecule has 2 N–H and O–H groups in total. The highest BCUT2D eigenvalue weighted by Gasteiger charge is 2.17. The van der Waals surface area contributed by atoms with Crippen molar-refractivity contribution < 1.29 is 19.1 Å². The van der Waals surface area contributed by atoms with Gasteiger partial charge in [-0.25, -0.2) is 9.10 Å². The fourth-order valence-corrected chi connectivity index (χ4v) is 2.60. The van der Waals surface area contributed by atoms with Crippen molar-refractivity contribution in [3.05, 3.63) is 41.4 Å². The van der Waals surface area contributed by atoms with E-state index in [0.29, 0.717) is 40.0 Å². The first-order valence-electron chi connectivity index (χ1n) is 8.01. The summed E-state index contributed by atoms with van der Waals surface area (Å²) >= 11 is 10.3. The summed E-state index contributed by atoms with van der Waals surface area (Å²) in [5, 5.41) is 5.75. The van der Waals surface area contributed by atoms with Crippen molar-refractivity contribution in [2.75, 3.05) is 29.2 Å². The normalized spacial score (nSPS) is 10.1. The highest BCUT2D eigenvalue weighted by Crippen LogP contribution is 2.36. The van der Waals surface area contributed by atoms with Crippen LogP contribution in [-0.2, 0) is 4.79 Å². The van der Waals surface area contributed by atoms with Gasteiger partial charge in [0.25, 0.3) is 0 Å². The smallest absolute Gasteiger partial charge is 0.336 e. The molecular weight excluding hydrogens is 390 g/mol. The van der Waals surface area contributed by atoms with E-state index in [9.17, 15) is 9.59 Å². The summed E-state index contributed by atoms with van der Waals surface area (Å²) in [6, 6.07) is 9.29. The molecule has 144 valence electrons. The maximum atomic E-state index is 12.5. The first-order valence-corrected chi connectivity index (χ1v) is 8.78. The van der Waals surface area contributed by atoms with Crippen molar-refractivity contribution in [2.45, 2.75) is 13.3 Å². The van der Waals surface area contributed by atoms with Crippen LogP contribution in [0.3, 0.4) is 0 Å². The number of halogens is 1. The van der Waals surface area contributed by atoms with E-state index < -0.39 is 6.03 Å². The summed E-state index contributed by atoms with van der Waals surface area (Å²) in [5.41, 5.74) is 1.53. The number of rotatable bonds is 6. The Labute approximate surface area is 168 Å². The number of hydrogen-bond acceptors (Lipinski definition) is 5. The van der Waals surface area contributed by atoms with E-state index in [-0.39, 0.29) is 5.91 Å². The predicted molar refractivity (Wildman–Crippen MR) is 110 cm³/mol. The Hall–Kier alpha value is -2.58. The summed E-state index contributed by atoms with van der Waals surface area (Å²) in [7, 11) is 2.96. The summed E-state index contributed by atoms with van der Waals surface area (Å²) in [4.78, 5) is 23.9. The van der Waals surface area contributed by atoms with E-state index >= 15 is 0 Å². The van der Waals surface area contributed by atoms with E-state index in [1.165, 1.54) is 20.3 Å². The van der Waals surface area contributed by atoms with E-state index in [1.807, 2.05) is 0 Å². The standard InChI is InChI=1S/C18H20ClN3O4S/c1-4-17(23)20-11-5-7-12(8-6-11)22(27)18(24)21-14-9-13(19)15(25-2)10-16(14)26-3/h5-10,27H,4H2,1-3H3,(H,20,23)(H,21,24). The Morgan fingerprint density at radius 3 is 2.26 bits per heavy atom. The van der Waals surface area contributed by atoms with Crippen LogP contribution < -0.4 is 24.4 Å². The van der Waals surface area contributed by atoms with Crippen LogP contribution in [0.1, 0.15) is 13.3 Å². The lowest BCUT2D eigenvalue weighted by atomic mass is 10.2. The third-order valence-electron chi connectivity index (χ3n) is 3.62. The lowest BCUT2D eigenvalue weighted by molar-refractivity contribution is -0.115. The molecule has 0 aliphatic rings. The van der Waals surface area contributed by atoms with Gasteiger partial charge in [-0.15, -0.1) is 0 Å². The molecule has 2 aromatic rings. The van der Waals surface area contributed by atoms with Crippen molar-refractivity contribution in [2.24, 2.45) is 0 Å². The van der Waals surface area contributed by atoms with Crippen LogP contribution >= 0.6 is 24.4 Å². The van der Waals surface area contributed by atoms with Crippen LogP contribution in [0.5, 0.6) is 11.5 Å². The zero-order chi connectivity index (χ0) is 20.0. The molecule has 0 radical (unpaired) electrons. The first-order chi connectivity index (χ1) is 12.9. The number of thiol groups is 1. The number of carbonyl (C=O) groups excluding carboxylic acids is 2. The average Bonchev–Trinajstić information content (AvgIpc) is 2.68. The molecule has 0 aliphatic heterocycles. The zero-order valence-electron chi connectivity index (χ0n) is 15.1. The Kier molecular flexibility index (Phi) is 7.20. The van der Waals surface area contributed by atoms with Gasteiger partial charge in [-0.3, -0.25) is 4.79 Å². The molecular formula is C18H20ClN3O4S. The largest absolute Gasteiger partial charge is 0.495 e. The number of methoxy groups -OCH3 is 2. The van der Waals surface area contributed by atoms with E-state index in [2.05, 4.69) is 23.4 Å². The van der Waals surface area contributed by atoms with Gasteiger partial charge in [0.1, 0.15) is 11.5 Å². The monoisotopic (exact) mass is 409 g/mol. The Bertz CT molecular complexity index is 830. The van der Waals surface area contributed by atoms with Gasteiger partial charge in [0, 0.05) is 18.2 Å². The van der Waals surface area contributed by atoms with Crippen LogP contribution in [-0.4, -0.2) is 26.2 Å². The van der Waals surface area contributed by atoms with Crippen LogP contribution in [0, 0.1) is 0 Å². The minimum Gasteiger partial charge on any atom is -0.495 e. The molecule has 0 aromatic heterocycles. The van der Waals surface area contributed by atoms with Gasteiger partial charge >= 0.3 is 6.03 Å². The van der Waals surface area contributed by atoms with Gasteiger partial charge in [-0.1, -0.05) is 31.3 Å². The molecule has 0 atom stereocenters. The number of nitrogens with zero attached hydrogens (tertiary/aromatic N) is 1. The molecule has 3 amide bonds. The number of nitrogens with one attached hydrogen (secondary N) is 2. The number of benzene rings is 2. The first kappa shape index (κ1) is 20.7. The molecule has 0 heterocycles. The van der Waals surface area contributed by atoms with Gasteiger partial charge in [0.2, 0.25) is 5.91 Å². The molecule has 0 saturated heterocycles. The molecule has 0 aliphatic carbocycles. The highest BCUT2D eigenvalue weighted by atomic mass is 35.5. The summed E-state index contributed by atoms with van der Waals surface area (Å²) in [5.74, 6) is 0.731. The fraction of sp³-hybridized carbons (Fsp3) is 0.222. The number of amides is 3. The minimum absolute atomic E-state index is 0.0910. The second-order valence-electron chi connectivity index (χ2n) is 5.38. The van der Waals surface area contributed by atoms with Crippen molar-refractivity contribution in [1.29, 1.82) is 0 Å². The number of carbonyl (C=O) groups is 2. The summed E-state index contributed by atoms with van der Waals surface area (Å²) in [6.07, 6.45) is 0.384. The number of ether oxygens (including phenoxy) is 2. The zero-order valence-corrected chi connectivity index (χ0v) is 16.7. The maximum absolute atomic E-state index is 12.5. The molecule has 2 aromatic carbocycles. The van der Waals surface area contributed by atoms with Gasteiger partial charge in [0.05, 0.1) is 30.6 Å². The third kappa shape index (κ3) is 5.21. The van der Waals surface area contributed by atoms with Gasteiger partial charge in [0.15, 0.2) is 0 Å². The SMILES string of the molecule is CCC(=O)Nc1ccc(N(S)C(=O)Nc2cc(Cl)c(OC)cc2OC)cc1. The summed E-state index contributed by atoms with van der Waals surface area (Å²) in [6.45, 7) is 1.77. The number of urea groups is 1. The molecule has 9 heteroatoms. The minimum atomic E-state index is -0.511. The van der Waals surface area contributed by atoms with Crippen LogP contribution in [0.15, 0.2) is 36.4 Å². The second-order valence-corrected chi connectivity index (χ2v) is 6.18. The van der Waals surface area contributed by atoms with Gasteiger partial charge < -0.3 is 20.1 Å². The Morgan fingerprint density at radius 2 is 1.70 bits per heavy atom. The van der Waals surface area contributed by atoms with E-state index in [4.69, 9.17) is 21.1 Å². The van der Waals surface area contributed by atoms with Crippen LogP contribution in [0.25, 0.3) is 0 Å². The lowest BCUT2D eigenvalue weighted by Crippen LogP contribution is -2.27. The molecule has 7 nitrogen and oxygen atoms in total. The van der Waals surface area contributed by atoms with Crippen molar-refractivity contribution >= 4 is 53.4 Å². The number of anilines is 3. The molecule has 0 unspecified atom stereocenters. The van der Waals surface area contributed by atoms with Gasteiger partial charge in [-0.2, -0.15) is 0 Å². The van der Waals surface area contributed by atoms with Crippen molar-refractivity contribution in [3.63, 3.8) is 0 Å². The fourth-order valence-electron chi connectivity index (χ4n) is 2.18. The van der Waals surface area contributed by atoms with E-state index in [0.717, 1.165) is 4.31 Å². The van der Waals surface area contributed by atoms with Crippen molar-refractivity contribution in [3.8, 4) is 11.5 Å². The summed E-state index contributed by atoms with van der Waals surface area (Å²) < 4.78 is 11.5. The number of hydrogen-bond donors (Lipinski definition) is 3. The van der Waals surface area contributed by atoms with Crippen LogP contribution in [0.4, 0.5) is 21.9 Å². The molecule has 2 rings (SSSR count). The lowest BCUT2D eigenvalue weighted by Gasteiger charge is -2.19. The quantitative estimate of drug-likeness (QED) is 0.609. The molecule has 27 heavy (non-hydrogen) atoms. The Morgan fingerprint density at radius 1 is 1.07 bits per heavy atom. The molecule has 0 fully saturated rings. The third-order valence-corrected chi connectivity index (χ3v) is 4.33. The molecule has 0 spiro atoms. The highest BCUT2D eigenvalue weighted by molar-refractivity contribution is 7.82. The molecule has 0 saturated carbocycles. The maximum Gasteiger partial charge on any atom is 0.336 e. The second kappa shape index (κ2) is 9.38. The topological polar surface area (TPSA) is 79.9 Å². The van der Waals surface area contributed by atoms with Gasteiger partial charge in [-0.05, 0) is 30.3 Å².